The molecular formula is C5H11NO3S. The third-order valence-corrected chi connectivity index (χ3v) is 2.85. The van der Waals surface area contributed by atoms with Crippen molar-refractivity contribution in [1.82, 2.24) is 4.31 Å². The Morgan fingerprint density at radius 1 is 1.50 bits per heavy atom. The molecule has 1 heterocycles. The number of hydrogen-bond donors (Lipinski definition) is 0. The highest BCUT2D eigenvalue weighted by molar-refractivity contribution is 7.88. The van der Waals surface area contributed by atoms with Gasteiger partial charge < -0.3 is 4.74 Å². The van der Waals surface area contributed by atoms with Crippen molar-refractivity contribution in [3.05, 3.63) is 0 Å². The molecule has 1 saturated heterocycles. The Balaban J connectivity index is 2.41. The molecule has 0 aromatic rings. The first-order valence-corrected chi connectivity index (χ1v) is 4.87. The zero-order valence-corrected chi connectivity index (χ0v) is 6.89. The third kappa shape index (κ3) is 1.47. The Morgan fingerprint density at radius 2 is 2.00 bits per heavy atom. The van der Waals surface area contributed by atoms with Crippen LogP contribution in [0.1, 0.15) is 0 Å². The van der Waals surface area contributed by atoms with Crippen molar-refractivity contribution in [2.24, 2.45) is 0 Å². The van der Waals surface area contributed by atoms with Gasteiger partial charge in [-0.05, 0) is 0 Å². The van der Waals surface area contributed by atoms with E-state index in [4.69, 9.17) is 4.74 Å². The molecule has 1 aliphatic heterocycles. The predicted octanol–water partition coefficient (Wildman–Crippen LogP) is -0.723. The highest BCUT2D eigenvalue weighted by Gasteiger charge is 2.32. The van der Waals surface area contributed by atoms with Gasteiger partial charge in [0.05, 0.1) is 12.4 Å². The summed E-state index contributed by atoms with van der Waals surface area (Å²) in [6.07, 6.45) is 1.31. The van der Waals surface area contributed by atoms with Crippen LogP contribution in [0.15, 0.2) is 0 Å². The summed E-state index contributed by atoms with van der Waals surface area (Å²) in [6, 6.07) is 0. The van der Waals surface area contributed by atoms with Crippen molar-refractivity contribution in [2.45, 2.75) is 6.10 Å². The van der Waals surface area contributed by atoms with Crippen molar-refractivity contribution in [3.8, 4) is 0 Å². The van der Waals surface area contributed by atoms with Crippen molar-refractivity contribution in [2.75, 3.05) is 26.5 Å². The molecule has 0 radical (unpaired) electrons. The Kier molecular flexibility index (Phi) is 1.98. The standard InChI is InChI=1S/C5H11NO3S/c1-9-5-3-6(4-5)10(2,7)8/h5H,3-4H2,1-2H3. The molecule has 0 atom stereocenters. The number of hydrogen-bond acceptors (Lipinski definition) is 3. The molecule has 4 nitrogen and oxygen atoms in total. The lowest BCUT2D eigenvalue weighted by Crippen LogP contribution is -2.53. The molecule has 0 N–H and O–H groups in total. The van der Waals surface area contributed by atoms with Gasteiger partial charge in [-0.2, -0.15) is 4.31 Å². The van der Waals surface area contributed by atoms with Gasteiger partial charge in [-0.15, -0.1) is 0 Å². The molecule has 10 heavy (non-hydrogen) atoms. The summed E-state index contributed by atoms with van der Waals surface area (Å²) < 4.78 is 27.8. The monoisotopic (exact) mass is 165 g/mol. The minimum absolute atomic E-state index is 0.106. The fourth-order valence-corrected chi connectivity index (χ4v) is 1.69. The van der Waals surface area contributed by atoms with Gasteiger partial charge in [0.2, 0.25) is 10.0 Å². The van der Waals surface area contributed by atoms with E-state index in [0.29, 0.717) is 13.1 Å². The number of rotatable bonds is 2. The van der Waals surface area contributed by atoms with Crippen LogP contribution in [0.25, 0.3) is 0 Å². The smallest absolute Gasteiger partial charge is 0.211 e. The van der Waals surface area contributed by atoms with Gasteiger partial charge in [-0.25, -0.2) is 8.42 Å². The second-order valence-corrected chi connectivity index (χ2v) is 4.42. The van der Waals surface area contributed by atoms with E-state index < -0.39 is 10.0 Å². The molecule has 5 heteroatoms. The highest BCUT2D eigenvalue weighted by atomic mass is 32.2. The summed E-state index contributed by atoms with van der Waals surface area (Å²) in [5, 5.41) is 0. The molecular weight excluding hydrogens is 154 g/mol. The maximum atomic E-state index is 10.7. The van der Waals surface area contributed by atoms with Crippen LogP contribution in [0.2, 0.25) is 0 Å². The topological polar surface area (TPSA) is 46.6 Å². The molecule has 1 rings (SSSR count). The summed E-state index contributed by atoms with van der Waals surface area (Å²) in [5.74, 6) is 0. The van der Waals surface area contributed by atoms with Crippen molar-refractivity contribution in [1.29, 1.82) is 0 Å². The van der Waals surface area contributed by atoms with Gasteiger partial charge in [0.1, 0.15) is 0 Å². The fourth-order valence-electron chi connectivity index (χ4n) is 0.821. The lowest BCUT2D eigenvalue weighted by Gasteiger charge is -2.35. The van der Waals surface area contributed by atoms with E-state index in [2.05, 4.69) is 0 Å². The molecule has 1 fully saturated rings. The number of sulfonamides is 1. The molecule has 0 bridgehead atoms. The van der Waals surface area contributed by atoms with Crippen molar-refractivity contribution in [3.63, 3.8) is 0 Å². The van der Waals surface area contributed by atoms with Crippen LogP contribution >= 0.6 is 0 Å². The third-order valence-electron chi connectivity index (χ3n) is 1.62. The summed E-state index contributed by atoms with van der Waals surface area (Å²) in [7, 11) is -1.37. The predicted molar refractivity (Wildman–Crippen MR) is 37.2 cm³/mol. The van der Waals surface area contributed by atoms with E-state index in [-0.39, 0.29) is 6.10 Å². The minimum atomic E-state index is -2.96. The minimum Gasteiger partial charge on any atom is -0.379 e. The van der Waals surface area contributed by atoms with Gasteiger partial charge in [-0.3, -0.25) is 0 Å². The molecule has 1 aliphatic rings. The Hall–Kier alpha value is -0.130. The maximum Gasteiger partial charge on any atom is 0.211 e. The maximum absolute atomic E-state index is 10.7. The summed E-state index contributed by atoms with van der Waals surface area (Å²) in [4.78, 5) is 0. The van der Waals surface area contributed by atoms with Crippen LogP contribution in [0.3, 0.4) is 0 Å². The second kappa shape index (κ2) is 2.48. The zero-order valence-electron chi connectivity index (χ0n) is 6.07. The Morgan fingerprint density at radius 3 is 2.30 bits per heavy atom. The molecule has 0 aromatic carbocycles. The Bertz CT molecular complexity index is 205. The van der Waals surface area contributed by atoms with Crippen molar-refractivity contribution < 1.29 is 13.2 Å². The van der Waals surface area contributed by atoms with Crippen LogP contribution in [0.5, 0.6) is 0 Å². The van der Waals surface area contributed by atoms with Gasteiger partial charge >= 0.3 is 0 Å². The van der Waals surface area contributed by atoms with Crippen LogP contribution < -0.4 is 0 Å². The van der Waals surface area contributed by atoms with Gasteiger partial charge in [-0.1, -0.05) is 0 Å². The molecule has 0 spiro atoms. The number of ether oxygens (including phenoxy) is 1. The fraction of sp³-hybridized carbons (Fsp3) is 1.00. The van der Waals surface area contributed by atoms with E-state index in [0.717, 1.165) is 0 Å². The normalized spacial score (nSPS) is 22.6. The first-order valence-electron chi connectivity index (χ1n) is 3.02. The summed E-state index contributed by atoms with van der Waals surface area (Å²) >= 11 is 0. The van der Waals surface area contributed by atoms with Crippen LogP contribution in [0, 0.1) is 0 Å². The summed E-state index contributed by atoms with van der Waals surface area (Å²) in [6.45, 7) is 1.02. The van der Waals surface area contributed by atoms with Gasteiger partial charge in [0, 0.05) is 20.2 Å². The summed E-state index contributed by atoms with van der Waals surface area (Å²) in [5.41, 5.74) is 0. The Labute approximate surface area is 60.8 Å². The van der Waals surface area contributed by atoms with E-state index in [1.54, 1.807) is 7.11 Å². The number of methoxy groups -OCH3 is 1. The van der Waals surface area contributed by atoms with Gasteiger partial charge in [0.15, 0.2) is 0 Å². The van der Waals surface area contributed by atoms with Crippen LogP contribution in [-0.4, -0.2) is 45.3 Å². The van der Waals surface area contributed by atoms with Crippen molar-refractivity contribution >= 4 is 10.0 Å². The van der Waals surface area contributed by atoms with Crippen LogP contribution in [0.4, 0.5) is 0 Å². The van der Waals surface area contributed by atoms with E-state index in [9.17, 15) is 8.42 Å². The zero-order chi connectivity index (χ0) is 7.78. The van der Waals surface area contributed by atoms with E-state index in [1.165, 1.54) is 10.6 Å². The average molecular weight is 165 g/mol. The lowest BCUT2D eigenvalue weighted by molar-refractivity contribution is 0.0128. The molecule has 60 valence electrons. The first-order chi connectivity index (χ1) is 4.54. The molecule has 0 unspecified atom stereocenters. The average Bonchev–Trinajstić information content (AvgIpc) is 1.57. The highest BCUT2D eigenvalue weighted by Crippen LogP contribution is 2.13. The van der Waals surface area contributed by atoms with E-state index >= 15 is 0 Å². The number of nitrogens with zero attached hydrogens (tertiary/aromatic N) is 1. The molecule has 0 aromatic heterocycles. The molecule has 0 aliphatic carbocycles. The molecule has 0 amide bonds. The lowest BCUT2D eigenvalue weighted by atomic mass is 10.2. The first kappa shape index (κ1) is 7.97. The quantitative estimate of drug-likeness (QED) is 0.542. The van der Waals surface area contributed by atoms with Gasteiger partial charge in [0.25, 0.3) is 0 Å². The largest absolute Gasteiger partial charge is 0.379 e. The molecule has 0 saturated carbocycles. The second-order valence-electron chi connectivity index (χ2n) is 2.44. The van der Waals surface area contributed by atoms with E-state index in [1.807, 2.05) is 0 Å². The van der Waals surface area contributed by atoms with Crippen LogP contribution in [-0.2, 0) is 14.8 Å². The SMILES string of the molecule is COC1CN(S(C)(=O)=O)C1.